The van der Waals surface area contributed by atoms with Crippen molar-refractivity contribution in [1.29, 1.82) is 0 Å². The van der Waals surface area contributed by atoms with E-state index in [1.54, 1.807) is 12.1 Å². The molecule has 0 spiro atoms. The van der Waals surface area contributed by atoms with Crippen LogP contribution < -0.4 is 4.74 Å². The molecule has 0 radical (unpaired) electrons. The maximum atomic E-state index is 13.0. The number of hydrogen-bond donors (Lipinski definition) is 1. The van der Waals surface area contributed by atoms with E-state index >= 15 is 0 Å². The number of aromatic nitrogens is 2. The number of carbonyl (C=O) groups excluding carboxylic acids is 1. The number of phenols is 1. The number of amides is 1. The van der Waals surface area contributed by atoms with E-state index in [0.29, 0.717) is 5.92 Å². The molecule has 8 nitrogen and oxygen atoms in total. The summed E-state index contributed by atoms with van der Waals surface area (Å²) in [5.74, 6) is 1.61. The first-order chi connectivity index (χ1) is 18.7. The topological polar surface area (TPSA) is 86.0 Å². The first-order valence-corrected chi connectivity index (χ1v) is 14.3. The van der Waals surface area contributed by atoms with Crippen LogP contribution in [-0.2, 0) is 9.47 Å². The summed E-state index contributed by atoms with van der Waals surface area (Å²) >= 11 is 0. The Morgan fingerprint density at radius 1 is 1.10 bits per heavy atom. The van der Waals surface area contributed by atoms with Crippen LogP contribution in [0.15, 0.2) is 42.6 Å². The average Bonchev–Trinajstić information content (AvgIpc) is 3.60. The molecule has 0 bridgehead atoms. The molecule has 2 aliphatic carbocycles. The predicted octanol–water partition coefficient (Wildman–Crippen LogP) is 6.66. The number of phenolic OH excluding ortho intramolecular Hbond substituents is 1. The molecule has 6 rings (SSSR count). The van der Waals surface area contributed by atoms with Gasteiger partial charge in [0.15, 0.2) is 6.23 Å². The molecule has 2 saturated carbocycles. The van der Waals surface area contributed by atoms with Crippen molar-refractivity contribution in [2.24, 2.45) is 5.92 Å². The third-order valence-corrected chi connectivity index (χ3v) is 7.89. The van der Waals surface area contributed by atoms with Crippen LogP contribution in [0.5, 0.6) is 11.5 Å². The Balaban J connectivity index is 1.24. The highest BCUT2D eigenvalue weighted by Crippen LogP contribution is 2.40. The number of fused-ring (bicyclic) bond motifs is 1. The van der Waals surface area contributed by atoms with E-state index in [2.05, 4.69) is 12.1 Å². The van der Waals surface area contributed by atoms with Crippen molar-refractivity contribution in [3.8, 4) is 22.6 Å². The summed E-state index contributed by atoms with van der Waals surface area (Å²) in [6.45, 7) is 7.25. The molecule has 3 aliphatic rings. The Kier molecular flexibility index (Phi) is 6.91. The van der Waals surface area contributed by atoms with E-state index in [9.17, 15) is 9.90 Å². The SMILES string of the molecule is CC(C)(C)OC(=O)N(CC1CC1)C1CC(Oc2cc(-c3ccc(O)cc3)cc3c2cnn3C2CCCCO2)C1. The first kappa shape index (κ1) is 26.0. The number of carbonyl (C=O) groups is 1. The molecule has 8 heteroatoms. The molecule has 1 unspecified atom stereocenters. The van der Waals surface area contributed by atoms with Crippen LogP contribution in [0.1, 0.15) is 71.9 Å². The predicted molar refractivity (Wildman–Crippen MR) is 149 cm³/mol. The molecule has 208 valence electrons. The highest BCUT2D eigenvalue weighted by Gasteiger charge is 2.41. The molecular formula is C31H39N3O5. The zero-order valence-corrected chi connectivity index (χ0v) is 23.1. The normalized spacial score (nSPS) is 23.3. The summed E-state index contributed by atoms with van der Waals surface area (Å²) in [4.78, 5) is 14.9. The van der Waals surface area contributed by atoms with Crippen molar-refractivity contribution < 1.29 is 24.1 Å². The van der Waals surface area contributed by atoms with Crippen LogP contribution >= 0.6 is 0 Å². The van der Waals surface area contributed by atoms with Gasteiger partial charge < -0.3 is 24.2 Å². The number of hydrogen-bond acceptors (Lipinski definition) is 6. The van der Waals surface area contributed by atoms with E-state index in [1.165, 1.54) is 12.8 Å². The highest BCUT2D eigenvalue weighted by atomic mass is 16.6. The fraction of sp³-hybridized carbons (Fsp3) is 0.548. The van der Waals surface area contributed by atoms with Gasteiger partial charge in [-0.2, -0.15) is 5.10 Å². The van der Waals surface area contributed by atoms with Gasteiger partial charge >= 0.3 is 6.09 Å². The molecule has 1 amide bonds. The Morgan fingerprint density at radius 3 is 2.54 bits per heavy atom. The molecule has 3 fully saturated rings. The van der Waals surface area contributed by atoms with Gasteiger partial charge in [0.25, 0.3) is 0 Å². The minimum absolute atomic E-state index is 0.00619. The number of benzene rings is 2. The summed E-state index contributed by atoms with van der Waals surface area (Å²) < 4.78 is 20.4. The number of rotatable bonds is 7. The Hall–Kier alpha value is -3.26. The van der Waals surface area contributed by atoms with Gasteiger partial charge in [0.1, 0.15) is 23.2 Å². The van der Waals surface area contributed by atoms with Crippen LogP contribution in [0.3, 0.4) is 0 Å². The molecule has 39 heavy (non-hydrogen) atoms. The lowest BCUT2D eigenvalue weighted by Crippen LogP contribution is -2.53. The largest absolute Gasteiger partial charge is 0.508 e. The molecule has 1 aliphatic heterocycles. The monoisotopic (exact) mass is 533 g/mol. The number of aromatic hydroxyl groups is 1. The minimum Gasteiger partial charge on any atom is -0.508 e. The second kappa shape index (κ2) is 10.4. The highest BCUT2D eigenvalue weighted by molar-refractivity contribution is 5.90. The lowest BCUT2D eigenvalue weighted by molar-refractivity contribution is -0.0366. The minimum atomic E-state index is -0.513. The second-order valence-corrected chi connectivity index (χ2v) is 12.3. The molecule has 1 saturated heterocycles. The quantitative estimate of drug-likeness (QED) is 0.365. The Bertz CT molecular complexity index is 1310. The zero-order valence-electron chi connectivity index (χ0n) is 23.1. The third kappa shape index (κ3) is 5.86. The van der Waals surface area contributed by atoms with Crippen molar-refractivity contribution in [2.75, 3.05) is 13.2 Å². The van der Waals surface area contributed by atoms with Crippen LogP contribution in [-0.4, -0.2) is 56.8 Å². The Morgan fingerprint density at radius 2 is 1.87 bits per heavy atom. The second-order valence-electron chi connectivity index (χ2n) is 12.3. The van der Waals surface area contributed by atoms with Gasteiger partial charge in [-0.25, -0.2) is 9.48 Å². The van der Waals surface area contributed by atoms with Crippen molar-refractivity contribution in [1.82, 2.24) is 14.7 Å². The summed E-state index contributed by atoms with van der Waals surface area (Å²) in [5.41, 5.74) is 2.45. The van der Waals surface area contributed by atoms with Gasteiger partial charge in [0, 0.05) is 32.0 Å². The molecule has 1 aromatic heterocycles. The van der Waals surface area contributed by atoms with E-state index in [0.717, 1.165) is 73.0 Å². The number of nitrogens with zero attached hydrogens (tertiary/aromatic N) is 3. The van der Waals surface area contributed by atoms with Crippen molar-refractivity contribution in [3.63, 3.8) is 0 Å². The van der Waals surface area contributed by atoms with Gasteiger partial charge in [0.05, 0.1) is 17.1 Å². The van der Waals surface area contributed by atoms with Gasteiger partial charge in [-0.15, -0.1) is 0 Å². The van der Waals surface area contributed by atoms with Crippen molar-refractivity contribution in [2.45, 2.75) is 89.7 Å². The van der Waals surface area contributed by atoms with Gasteiger partial charge in [-0.3, -0.25) is 0 Å². The standard InChI is InChI=1S/C31H39N3O5/c1-31(2,3)39-30(36)33(19-20-7-8-20)23-16-25(17-23)38-28-15-22(21-9-11-24(35)12-10-21)14-27-26(28)18-32-34(27)29-6-4-5-13-37-29/h9-12,14-15,18,20,23,25,29,35H,4-8,13,16-17,19H2,1-3H3. The van der Waals surface area contributed by atoms with Crippen LogP contribution in [0.2, 0.25) is 0 Å². The fourth-order valence-electron chi connectivity index (χ4n) is 5.52. The lowest BCUT2D eigenvalue weighted by Gasteiger charge is -2.43. The molecule has 1 atom stereocenters. The smallest absolute Gasteiger partial charge is 0.410 e. The van der Waals surface area contributed by atoms with E-state index in [1.807, 2.05) is 48.7 Å². The van der Waals surface area contributed by atoms with Gasteiger partial charge in [-0.1, -0.05) is 12.1 Å². The van der Waals surface area contributed by atoms with E-state index in [4.69, 9.17) is 19.3 Å². The molecular weight excluding hydrogens is 494 g/mol. The van der Waals surface area contributed by atoms with E-state index in [-0.39, 0.29) is 30.2 Å². The maximum Gasteiger partial charge on any atom is 0.410 e. The van der Waals surface area contributed by atoms with E-state index < -0.39 is 5.60 Å². The summed E-state index contributed by atoms with van der Waals surface area (Å²) in [6.07, 6.45) is 8.62. The Labute approximate surface area is 229 Å². The van der Waals surface area contributed by atoms with Crippen molar-refractivity contribution in [3.05, 3.63) is 42.6 Å². The summed E-state index contributed by atoms with van der Waals surface area (Å²) in [7, 11) is 0. The van der Waals surface area contributed by atoms with Crippen molar-refractivity contribution >= 4 is 17.0 Å². The zero-order chi connectivity index (χ0) is 27.1. The van der Waals surface area contributed by atoms with Crippen LogP contribution in [0.25, 0.3) is 22.0 Å². The maximum absolute atomic E-state index is 13.0. The summed E-state index contributed by atoms with van der Waals surface area (Å²) in [5, 5.41) is 15.5. The van der Waals surface area contributed by atoms with Crippen LogP contribution in [0, 0.1) is 5.92 Å². The first-order valence-electron chi connectivity index (χ1n) is 14.3. The molecule has 2 aromatic carbocycles. The van der Waals surface area contributed by atoms with Gasteiger partial charge in [-0.05, 0) is 94.2 Å². The third-order valence-electron chi connectivity index (χ3n) is 7.89. The molecule has 2 heterocycles. The number of ether oxygens (including phenoxy) is 3. The molecule has 3 aromatic rings. The average molecular weight is 534 g/mol. The molecule has 1 N–H and O–H groups in total. The summed E-state index contributed by atoms with van der Waals surface area (Å²) in [6, 6.07) is 11.5. The van der Waals surface area contributed by atoms with Gasteiger partial charge in [0.2, 0.25) is 0 Å². The van der Waals surface area contributed by atoms with Crippen LogP contribution in [0.4, 0.5) is 4.79 Å². The fourth-order valence-corrected chi connectivity index (χ4v) is 5.52. The lowest BCUT2D eigenvalue weighted by atomic mass is 9.87.